The van der Waals surface area contributed by atoms with Gasteiger partial charge in [0.2, 0.25) is 5.95 Å². The Labute approximate surface area is 102 Å². The van der Waals surface area contributed by atoms with Crippen LogP contribution in [0.25, 0.3) is 0 Å². The highest BCUT2D eigenvalue weighted by atomic mass is 32.2. The van der Waals surface area contributed by atoms with E-state index in [9.17, 15) is 8.42 Å². The lowest BCUT2D eigenvalue weighted by molar-refractivity contribution is 0.591. The van der Waals surface area contributed by atoms with Gasteiger partial charge in [-0.2, -0.15) is 0 Å². The highest BCUT2D eigenvalue weighted by Gasteiger charge is 2.31. The van der Waals surface area contributed by atoms with Crippen LogP contribution in [0.1, 0.15) is 25.5 Å². The van der Waals surface area contributed by atoms with Crippen molar-refractivity contribution in [2.75, 3.05) is 17.6 Å². The van der Waals surface area contributed by atoms with Gasteiger partial charge in [0.15, 0.2) is 9.84 Å². The smallest absolute Gasteiger partial charge is 0.203 e. The molecule has 96 valence electrons. The summed E-state index contributed by atoms with van der Waals surface area (Å²) in [6.07, 6.45) is 3.52. The lowest BCUT2D eigenvalue weighted by Gasteiger charge is -2.12. The predicted molar refractivity (Wildman–Crippen MR) is 67.9 cm³/mol. The molecule has 0 spiro atoms. The van der Waals surface area contributed by atoms with Crippen molar-refractivity contribution in [2.24, 2.45) is 0 Å². The fourth-order valence-corrected chi connectivity index (χ4v) is 3.99. The summed E-state index contributed by atoms with van der Waals surface area (Å²) in [5.41, 5.74) is 0.948. The van der Waals surface area contributed by atoms with E-state index in [1.165, 1.54) is 0 Å². The molecule has 1 fully saturated rings. The van der Waals surface area contributed by atoms with Crippen molar-refractivity contribution in [1.82, 2.24) is 9.55 Å². The highest BCUT2D eigenvalue weighted by molar-refractivity contribution is 7.92. The Morgan fingerprint density at radius 3 is 2.94 bits per heavy atom. The van der Waals surface area contributed by atoms with Crippen LogP contribution in [0.15, 0.2) is 6.20 Å². The van der Waals surface area contributed by atoms with Gasteiger partial charge in [-0.1, -0.05) is 0 Å². The molecule has 1 aromatic heterocycles. The molecule has 1 aromatic rings. The standard InChI is InChI=1S/C11H19N3O2S/c1-3-14-8-9(2)13-11(14)12-7-10-5-4-6-17(10,15)16/h8,10H,3-7H2,1-2H3,(H,12,13). The molecule has 17 heavy (non-hydrogen) atoms. The number of hydrogen-bond acceptors (Lipinski definition) is 4. The molecule has 0 aliphatic carbocycles. The molecule has 2 rings (SSSR count). The molecule has 1 atom stereocenters. The van der Waals surface area contributed by atoms with E-state index in [0.717, 1.165) is 31.0 Å². The van der Waals surface area contributed by atoms with E-state index in [2.05, 4.69) is 10.3 Å². The summed E-state index contributed by atoms with van der Waals surface area (Å²) in [4.78, 5) is 4.35. The molecule has 0 amide bonds. The van der Waals surface area contributed by atoms with Crippen LogP contribution in [0.3, 0.4) is 0 Å². The van der Waals surface area contributed by atoms with Gasteiger partial charge in [0, 0.05) is 19.3 Å². The molecule has 0 saturated carbocycles. The third-order valence-electron chi connectivity index (χ3n) is 3.19. The van der Waals surface area contributed by atoms with Crippen LogP contribution in [0, 0.1) is 6.92 Å². The fraction of sp³-hybridized carbons (Fsp3) is 0.727. The predicted octanol–water partition coefficient (Wildman–Crippen LogP) is 1.20. The number of imidazole rings is 1. The lowest BCUT2D eigenvalue weighted by Crippen LogP contribution is -2.26. The maximum absolute atomic E-state index is 11.7. The molecule has 5 nitrogen and oxygen atoms in total. The minimum absolute atomic E-state index is 0.246. The summed E-state index contributed by atoms with van der Waals surface area (Å²) in [6.45, 7) is 5.28. The van der Waals surface area contributed by atoms with Gasteiger partial charge in [0.25, 0.3) is 0 Å². The molecule has 1 unspecified atom stereocenters. The van der Waals surface area contributed by atoms with E-state index < -0.39 is 9.84 Å². The summed E-state index contributed by atoms with van der Waals surface area (Å²) in [6, 6.07) is 0. The van der Waals surface area contributed by atoms with Crippen molar-refractivity contribution in [2.45, 2.75) is 38.5 Å². The molecule has 6 heteroatoms. The number of hydrogen-bond donors (Lipinski definition) is 1. The first kappa shape index (κ1) is 12.4. The minimum atomic E-state index is -2.87. The van der Waals surface area contributed by atoms with E-state index in [0.29, 0.717) is 12.3 Å². The van der Waals surface area contributed by atoms with Crippen LogP contribution in [-0.4, -0.2) is 35.5 Å². The van der Waals surface area contributed by atoms with Crippen LogP contribution < -0.4 is 5.32 Å². The van der Waals surface area contributed by atoms with Crippen LogP contribution in [-0.2, 0) is 16.4 Å². The Morgan fingerprint density at radius 2 is 2.35 bits per heavy atom. The largest absolute Gasteiger partial charge is 0.354 e. The van der Waals surface area contributed by atoms with Gasteiger partial charge in [-0.25, -0.2) is 13.4 Å². The maximum atomic E-state index is 11.7. The van der Waals surface area contributed by atoms with Gasteiger partial charge in [0.05, 0.1) is 16.7 Å². The quantitative estimate of drug-likeness (QED) is 0.880. The minimum Gasteiger partial charge on any atom is -0.354 e. The molecular formula is C11H19N3O2S. The van der Waals surface area contributed by atoms with Crippen LogP contribution in [0.2, 0.25) is 0 Å². The first-order valence-corrected chi connectivity index (χ1v) is 7.73. The zero-order valence-corrected chi connectivity index (χ0v) is 11.1. The summed E-state index contributed by atoms with van der Waals surface area (Å²) in [7, 11) is -2.87. The zero-order chi connectivity index (χ0) is 12.5. The molecule has 1 aliphatic rings. The molecule has 1 N–H and O–H groups in total. The summed E-state index contributed by atoms with van der Waals surface area (Å²) in [5, 5.41) is 2.91. The second-order valence-corrected chi connectivity index (χ2v) is 6.90. The van der Waals surface area contributed by atoms with Crippen molar-refractivity contribution in [3.63, 3.8) is 0 Å². The molecular weight excluding hydrogens is 238 g/mol. The second-order valence-electron chi connectivity index (χ2n) is 4.50. The van der Waals surface area contributed by atoms with Crippen molar-refractivity contribution in [3.8, 4) is 0 Å². The van der Waals surface area contributed by atoms with E-state index in [4.69, 9.17) is 0 Å². The number of nitrogens with zero attached hydrogens (tertiary/aromatic N) is 2. The van der Waals surface area contributed by atoms with Gasteiger partial charge in [-0.05, 0) is 26.7 Å². The van der Waals surface area contributed by atoms with Gasteiger partial charge in [-0.3, -0.25) is 0 Å². The van der Waals surface area contributed by atoms with Crippen molar-refractivity contribution in [1.29, 1.82) is 0 Å². The monoisotopic (exact) mass is 257 g/mol. The zero-order valence-electron chi connectivity index (χ0n) is 10.3. The van der Waals surface area contributed by atoms with Crippen molar-refractivity contribution >= 4 is 15.8 Å². The summed E-state index contributed by atoms with van der Waals surface area (Å²) < 4.78 is 25.3. The maximum Gasteiger partial charge on any atom is 0.203 e. The van der Waals surface area contributed by atoms with Gasteiger partial charge in [-0.15, -0.1) is 0 Å². The van der Waals surface area contributed by atoms with E-state index in [1.54, 1.807) is 0 Å². The van der Waals surface area contributed by atoms with Crippen molar-refractivity contribution < 1.29 is 8.42 Å². The number of rotatable bonds is 4. The highest BCUT2D eigenvalue weighted by Crippen LogP contribution is 2.20. The SMILES string of the molecule is CCn1cc(C)nc1NCC1CCCS1(=O)=O. The van der Waals surface area contributed by atoms with Crippen LogP contribution in [0.5, 0.6) is 0 Å². The molecule has 1 aliphatic heterocycles. The molecule has 0 radical (unpaired) electrons. The lowest BCUT2D eigenvalue weighted by atomic mass is 10.2. The second kappa shape index (κ2) is 4.68. The third-order valence-corrected chi connectivity index (χ3v) is 5.46. The first-order valence-electron chi connectivity index (χ1n) is 6.02. The Morgan fingerprint density at radius 1 is 1.59 bits per heavy atom. The number of sulfone groups is 1. The molecule has 2 heterocycles. The molecule has 0 bridgehead atoms. The van der Waals surface area contributed by atoms with Crippen molar-refractivity contribution in [3.05, 3.63) is 11.9 Å². The molecule has 1 saturated heterocycles. The first-order chi connectivity index (χ1) is 8.03. The van der Waals surface area contributed by atoms with Gasteiger partial charge >= 0.3 is 0 Å². The Hall–Kier alpha value is -1.04. The number of anilines is 1. The average Bonchev–Trinajstić information content (AvgIpc) is 2.78. The number of aromatic nitrogens is 2. The average molecular weight is 257 g/mol. The van der Waals surface area contributed by atoms with Crippen LogP contribution in [0.4, 0.5) is 5.95 Å². The van der Waals surface area contributed by atoms with Gasteiger partial charge < -0.3 is 9.88 Å². The summed E-state index contributed by atoms with van der Waals surface area (Å²) >= 11 is 0. The van der Waals surface area contributed by atoms with E-state index >= 15 is 0 Å². The van der Waals surface area contributed by atoms with E-state index in [1.807, 2.05) is 24.6 Å². The number of nitrogens with one attached hydrogen (secondary N) is 1. The van der Waals surface area contributed by atoms with Gasteiger partial charge in [0.1, 0.15) is 0 Å². The Bertz CT molecular complexity index is 493. The van der Waals surface area contributed by atoms with Crippen LogP contribution >= 0.6 is 0 Å². The normalized spacial score (nSPS) is 22.8. The summed E-state index contributed by atoms with van der Waals surface area (Å²) in [5.74, 6) is 1.10. The number of aryl methyl sites for hydroxylation is 2. The van der Waals surface area contributed by atoms with E-state index in [-0.39, 0.29) is 5.25 Å². The fourth-order valence-electron chi connectivity index (χ4n) is 2.22. The Balaban J connectivity index is 2.02. The topological polar surface area (TPSA) is 64.0 Å². The Kier molecular flexibility index (Phi) is 3.42. The molecule has 0 aromatic carbocycles. The third kappa shape index (κ3) is 2.62.